The van der Waals surface area contributed by atoms with E-state index in [0.717, 1.165) is 6.07 Å². The number of benzene rings is 1. The molecule has 1 aromatic carbocycles. The Morgan fingerprint density at radius 3 is 2.84 bits per heavy atom. The van der Waals surface area contributed by atoms with Crippen LogP contribution in [0.2, 0.25) is 0 Å². The zero-order valence-electron chi connectivity index (χ0n) is 10.1. The molecule has 1 saturated heterocycles. The number of hydrogen-bond acceptors (Lipinski definition) is 4. The number of carbonyl (C=O) groups excluding carboxylic acids is 1. The van der Waals surface area contributed by atoms with Gasteiger partial charge in [-0.3, -0.25) is 4.79 Å². The molecule has 0 saturated carbocycles. The van der Waals surface area contributed by atoms with E-state index in [1.54, 1.807) is 0 Å². The second-order valence-corrected chi connectivity index (χ2v) is 4.25. The molecule has 1 aliphatic rings. The molecule has 1 aromatic rings. The Kier molecular flexibility index (Phi) is 3.66. The number of aliphatic carboxylic acids is 1. The van der Waals surface area contributed by atoms with Gasteiger partial charge in [0.15, 0.2) is 0 Å². The van der Waals surface area contributed by atoms with E-state index in [2.05, 4.69) is 5.32 Å². The highest BCUT2D eigenvalue weighted by molar-refractivity contribution is 5.99. The molecule has 4 N–H and O–H groups in total. The molecular weight excluding hydrogens is 253 g/mol. The molecule has 0 spiro atoms. The Balaban J connectivity index is 2.47. The molecule has 6 nitrogen and oxygen atoms in total. The number of nitrogens with two attached hydrogens (primary N) is 1. The standard InChI is InChI=1S/C12H14FN3O3/c13-7-2-1-3-8(10(7)11(14)17)16-5-4-15-6-9(16)12(18)19/h1-3,9,15H,4-6H2,(H2,14,17)(H,18,19). The number of primary amides is 1. The lowest BCUT2D eigenvalue weighted by Gasteiger charge is -2.36. The van der Waals surface area contributed by atoms with E-state index in [9.17, 15) is 19.1 Å². The Morgan fingerprint density at radius 2 is 2.21 bits per heavy atom. The third kappa shape index (κ3) is 2.50. The highest BCUT2D eigenvalue weighted by Crippen LogP contribution is 2.25. The van der Waals surface area contributed by atoms with Crippen LogP contribution in [0.1, 0.15) is 10.4 Å². The first kappa shape index (κ1) is 13.3. The third-order valence-corrected chi connectivity index (χ3v) is 3.08. The van der Waals surface area contributed by atoms with Crippen molar-refractivity contribution in [2.45, 2.75) is 6.04 Å². The average molecular weight is 267 g/mol. The quantitative estimate of drug-likeness (QED) is 0.704. The number of nitrogens with one attached hydrogen (secondary N) is 1. The van der Waals surface area contributed by atoms with Crippen molar-refractivity contribution in [1.29, 1.82) is 0 Å². The van der Waals surface area contributed by atoms with Crippen LogP contribution in [0.15, 0.2) is 18.2 Å². The summed E-state index contributed by atoms with van der Waals surface area (Å²) in [5.74, 6) is -2.68. The summed E-state index contributed by atoms with van der Waals surface area (Å²) < 4.78 is 13.7. The minimum absolute atomic E-state index is 0.224. The SMILES string of the molecule is NC(=O)c1c(F)cccc1N1CCNCC1C(=O)O. The molecular formula is C12H14FN3O3. The van der Waals surface area contributed by atoms with Crippen molar-refractivity contribution in [3.8, 4) is 0 Å². The molecule has 1 heterocycles. The summed E-state index contributed by atoms with van der Waals surface area (Å²) in [6.45, 7) is 1.14. The maximum absolute atomic E-state index is 13.7. The first-order chi connectivity index (χ1) is 9.02. The monoisotopic (exact) mass is 267 g/mol. The zero-order valence-corrected chi connectivity index (χ0v) is 10.1. The van der Waals surface area contributed by atoms with Crippen molar-refractivity contribution in [3.05, 3.63) is 29.6 Å². The molecule has 1 unspecified atom stereocenters. The maximum atomic E-state index is 13.7. The van der Waals surface area contributed by atoms with E-state index in [0.29, 0.717) is 13.1 Å². The van der Waals surface area contributed by atoms with Gasteiger partial charge in [0.05, 0.1) is 11.3 Å². The summed E-state index contributed by atoms with van der Waals surface area (Å²) >= 11 is 0. The van der Waals surface area contributed by atoms with E-state index in [1.807, 2.05) is 0 Å². The third-order valence-electron chi connectivity index (χ3n) is 3.08. The first-order valence-corrected chi connectivity index (χ1v) is 5.81. The molecule has 0 bridgehead atoms. The molecule has 0 aliphatic carbocycles. The van der Waals surface area contributed by atoms with Gasteiger partial charge in [-0.2, -0.15) is 0 Å². The van der Waals surface area contributed by atoms with Gasteiger partial charge in [0.25, 0.3) is 5.91 Å². The smallest absolute Gasteiger partial charge is 0.327 e. The number of anilines is 1. The molecule has 102 valence electrons. The average Bonchev–Trinajstić information content (AvgIpc) is 2.37. The number of carboxylic acid groups (broad SMARTS) is 1. The summed E-state index contributed by atoms with van der Waals surface area (Å²) in [5, 5.41) is 12.1. The van der Waals surface area contributed by atoms with Crippen LogP contribution in [0.4, 0.5) is 10.1 Å². The number of carboxylic acids is 1. The Morgan fingerprint density at radius 1 is 1.47 bits per heavy atom. The molecule has 1 atom stereocenters. The minimum atomic E-state index is -1.04. The first-order valence-electron chi connectivity index (χ1n) is 5.81. The van der Waals surface area contributed by atoms with Crippen LogP contribution in [0, 0.1) is 5.82 Å². The second-order valence-electron chi connectivity index (χ2n) is 4.25. The number of carbonyl (C=O) groups is 2. The van der Waals surface area contributed by atoms with Gasteiger partial charge in [-0.25, -0.2) is 9.18 Å². The van der Waals surface area contributed by atoms with Gasteiger partial charge in [-0.1, -0.05) is 6.07 Å². The predicted octanol–water partition coefficient (Wildman–Crippen LogP) is -0.213. The lowest BCUT2D eigenvalue weighted by Crippen LogP contribution is -2.55. The van der Waals surface area contributed by atoms with Gasteiger partial charge in [0.2, 0.25) is 0 Å². The van der Waals surface area contributed by atoms with Crippen LogP contribution in [0.25, 0.3) is 0 Å². The van der Waals surface area contributed by atoms with E-state index >= 15 is 0 Å². The number of halogens is 1. The lowest BCUT2D eigenvalue weighted by molar-refractivity contribution is -0.138. The van der Waals surface area contributed by atoms with Crippen LogP contribution in [0.3, 0.4) is 0 Å². The molecule has 19 heavy (non-hydrogen) atoms. The van der Waals surface area contributed by atoms with Crippen LogP contribution < -0.4 is 16.0 Å². The fourth-order valence-electron chi connectivity index (χ4n) is 2.21. The van der Waals surface area contributed by atoms with E-state index < -0.39 is 23.7 Å². The summed E-state index contributed by atoms with van der Waals surface area (Å²) in [4.78, 5) is 24.1. The molecule has 1 amide bonds. The fourth-order valence-corrected chi connectivity index (χ4v) is 2.21. The highest BCUT2D eigenvalue weighted by Gasteiger charge is 2.31. The maximum Gasteiger partial charge on any atom is 0.327 e. The number of hydrogen-bond donors (Lipinski definition) is 3. The van der Waals surface area contributed by atoms with Gasteiger partial charge >= 0.3 is 5.97 Å². The molecule has 2 rings (SSSR count). The van der Waals surface area contributed by atoms with Gasteiger partial charge < -0.3 is 21.1 Å². The van der Waals surface area contributed by atoms with Gasteiger partial charge in [0.1, 0.15) is 11.9 Å². The lowest BCUT2D eigenvalue weighted by atomic mass is 10.1. The number of rotatable bonds is 3. The normalized spacial score (nSPS) is 19.2. The van der Waals surface area contributed by atoms with E-state index in [-0.39, 0.29) is 17.8 Å². The van der Waals surface area contributed by atoms with Crippen molar-refractivity contribution in [2.24, 2.45) is 5.73 Å². The highest BCUT2D eigenvalue weighted by atomic mass is 19.1. The largest absolute Gasteiger partial charge is 0.480 e. The Labute approximate surface area is 109 Å². The predicted molar refractivity (Wildman–Crippen MR) is 66.6 cm³/mol. The molecule has 7 heteroatoms. The van der Waals surface area contributed by atoms with Gasteiger partial charge in [-0.15, -0.1) is 0 Å². The second kappa shape index (κ2) is 5.23. The van der Waals surface area contributed by atoms with Gasteiger partial charge in [-0.05, 0) is 12.1 Å². The molecule has 1 aliphatic heterocycles. The molecule has 0 aromatic heterocycles. The zero-order chi connectivity index (χ0) is 14.0. The van der Waals surface area contributed by atoms with E-state index in [4.69, 9.17) is 5.73 Å². The summed E-state index contributed by atoms with van der Waals surface area (Å²) in [6.07, 6.45) is 0. The van der Waals surface area contributed by atoms with Crippen LogP contribution in [-0.4, -0.2) is 42.7 Å². The molecule has 1 fully saturated rings. The summed E-state index contributed by atoms with van der Waals surface area (Å²) in [5.41, 5.74) is 5.13. The van der Waals surface area contributed by atoms with Crippen molar-refractivity contribution in [3.63, 3.8) is 0 Å². The van der Waals surface area contributed by atoms with Crippen LogP contribution in [-0.2, 0) is 4.79 Å². The van der Waals surface area contributed by atoms with Crippen molar-refractivity contribution in [1.82, 2.24) is 5.32 Å². The number of piperazine rings is 1. The summed E-state index contributed by atoms with van der Waals surface area (Å²) in [6, 6.07) is 3.21. The van der Waals surface area contributed by atoms with Crippen LogP contribution in [0.5, 0.6) is 0 Å². The topological polar surface area (TPSA) is 95.7 Å². The van der Waals surface area contributed by atoms with Gasteiger partial charge in [0, 0.05) is 19.6 Å². The Bertz CT molecular complexity index is 521. The van der Waals surface area contributed by atoms with Crippen molar-refractivity contribution < 1.29 is 19.1 Å². The van der Waals surface area contributed by atoms with Crippen molar-refractivity contribution in [2.75, 3.05) is 24.5 Å². The number of amides is 1. The summed E-state index contributed by atoms with van der Waals surface area (Å²) in [7, 11) is 0. The minimum Gasteiger partial charge on any atom is -0.480 e. The van der Waals surface area contributed by atoms with Crippen molar-refractivity contribution >= 4 is 17.6 Å². The Hall–Kier alpha value is -2.15. The van der Waals surface area contributed by atoms with E-state index in [1.165, 1.54) is 17.0 Å². The van der Waals surface area contributed by atoms with Crippen LogP contribution >= 0.6 is 0 Å². The molecule has 0 radical (unpaired) electrons. The fraction of sp³-hybridized carbons (Fsp3) is 0.333. The number of nitrogens with zero attached hydrogens (tertiary/aromatic N) is 1.